The van der Waals surface area contributed by atoms with Crippen LogP contribution in [0, 0.1) is 0 Å². The maximum absolute atomic E-state index is 12.7. The van der Waals surface area contributed by atoms with Gasteiger partial charge in [-0.25, -0.2) is 0 Å². The Morgan fingerprint density at radius 2 is 1.88 bits per heavy atom. The first kappa shape index (κ1) is 12.4. The van der Waals surface area contributed by atoms with Gasteiger partial charge in [-0.2, -0.15) is 13.2 Å². The third kappa shape index (κ3) is 2.46. The largest absolute Gasteiger partial charge is 0.392 e. The molecule has 0 amide bonds. The molecule has 1 aromatic rings. The van der Waals surface area contributed by atoms with E-state index in [1.54, 1.807) is 30.3 Å². The predicted octanol–water partition coefficient (Wildman–Crippen LogP) is 3.42. The Hall–Kier alpha value is -1.03. The van der Waals surface area contributed by atoms with Crippen LogP contribution in [0.3, 0.4) is 0 Å². The highest BCUT2D eigenvalue weighted by molar-refractivity contribution is 5.29. The fraction of sp³-hybridized carbons (Fsp3) is 0.538. The number of aliphatic hydroxyl groups excluding tert-OH is 1. The predicted molar refractivity (Wildman–Crippen MR) is 58.6 cm³/mol. The molecule has 0 aromatic heterocycles. The van der Waals surface area contributed by atoms with Crippen molar-refractivity contribution in [2.24, 2.45) is 0 Å². The van der Waals surface area contributed by atoms with E-state index >= 15 is 0 Å². The summed E-state index contributed by atoms with van der Waals surface area (Å²) < 4.78 is 38.1. The zero-order valence-corrected chi connectivity index (χ0v) is 9.37. The van der Waals surface area contributed by atoms with Gasteiger partial charge in [0.25, 0.3) is 0 Å². The topological polar surface area (TPSA) is 20.2 Å². The van der Waals surface area contributed by atoms with Crippen molar-refractivity contribution >= 4 is 0 Å². The SMILES string of the molecule is OC1CCCC1(CC(F)(F)F)c1ccccc1. The minimum Gasteiger partial charge on any atom is -0.392 e. The first-order valence-corrected chi connectivity index (χ1v) is 5.74. The van der Waals surface area contributed by atoms with E-state index in [0.29, 0.717) is 24.8 Å². The first-order valence-electron chi connectivity index (χ1n) is 5.74. The Morgan fingerprint density at radius 1 is 1.24 bits per heavy atom. The van der Waals surface area contributed by atoms with Crippen LogP contribution in [0.2, 0.25) is 0 Å². The van der Waals surface area contributed by atoms with Crippen LogP contribution in [0.25, 0.3) is 0 Å². The van der Waals surface area contributed by atoms with E-state index < -0.39 is 24.1 Å². The number of halogens is 3. The maximum atomic E-state index is 12.7. The van der Waals surface area contributed by atoms with Crippen molar-refractivity contribution in [1.82, 2.24) is 0 Å². The molecule has 1 N–H and O–H groups in total. The van der Waals surface area contributed by atoms with E-state index in [-0.39, 0.29) is 0 Å². The second-order valence-corrected chi connectivity index (χ2v) is 4.72. The number of benzene rings is 1. The van der Waals surface area contributed by atoms with Crippen molar-refractivity contribution in [2.75, 3.05) is 0 Å². The lowest BCUT2D eigenvalue weighted by Gasteiger charge is -2.34. The molecule has 1 nitrogen and oxygen atoms in total. The molecule has 0 spiro atoms. The lowest BCUT2D eigenvalue weighted by atomic mass is 9.74. The number of rotatable bonds is 2. The summed E-state index contributed by atoms with van der Waals surface area (Å²) in [6.45, 7) is 0. The van der Waals surface area contributed by atoms with Gasteiger partial charge in [-0.1, -0.05) is 30.3 Å². The van der Waals surface area contributed by atoms with Gasteiger partial charge in [-0.15, -0.1) is 0 Å². The molecule has 17 heavy (non-hydrogen) atoms. The summed E-state index contributed by atoms with van der Waals surface area (Å²) in [5.74, 6) is 0. The van der Waals surface area contributed by atoms with Crippen molar-refractivity contribution in [3.63, 3.8) is 0 Å². The van der Waals surface area contributed by atoms with E-state index in [4.69, 9.17) is 0 Å². The van der Waals surface area contributed by atoms with Crippen LogP contribution in [0.1, 0.15) is 31.2 Å². The molecular formula is C13H15F3O. The van der Waals surface area contributed by atoms with Crippen LogP contribution in [0.15, 0.2) is 30.3 Å². The summed E-state index contributed by atoms with van der Waals surface area (Å²) in [5, 5.41) is 9.96. The van der Waals surface area contributed by atoms with Crippen LogP contribution in [-0.4, -0.2) is 17.4 Å². The average Bonchev–Trinajstić information content (AvgIpc) is 2.60. The molecule has 1 saturated carbocycles. The second-order valence-electron chi connectivity index (χ2n) is 4.72. The summed E-state index contributed by atoms with van der Waals surface area (Å²) in [4.78, 5) is 0. The number of hydrogen-bond donors (Lipinski definition) is 1. The molecule has 2 unspecified atom stereocenters. The van der Waals surface area contributed by atoms with Crippen LogP contribution in [0.4, 0.5) is 13.2 Å². The van der Waals surface area contributed by atoms with Crippen molar-refractivity contribution in [3.8, 4) is 0 Å². The summed E-state index contributed by atoms with van der Waals surface area (Å²) in [5.41, 5.74) is -0.540. The van der Waals surface area contributed by atoms with Gasteiger partial charge in [0.05, 0.1) is 12.5 Å². The van der Waals surface area contributed by atoms with Crippen LogP contribution in [0.5, 0.6) is 0 Å². The Balaban J connectivity index is 2.38. The smallest absolute Gasteiger partial charge is 0.390 e. The van der Waals surface area contributed by atoms with Gasteiger partial charge in [0.1, 0.15) is 0 Å². The van der Waals surface area contributed by atoms with Crippen molar-refractivity contribution in [2.45, 2.75) is 43.4 Å². The van der Waals surface area contributed by atoms with Gasteiger partial charge in [-0.05, 0) is 24.8 Å². The van der Waals surface area contributed by atoms with E-state index in [0.717, 1.165) is 0 Å². The average molecular weight is 244 g/mol. The third-order valence-corrected chi connectivity index (χ3v) is 3.60. The minimum atomic E-state index is -4.25. The standard InChI is InChI=1S/C13H15F3O/c14-13(15,16)9-12(8-4-7-11(12)17)10-5-2-1-3-6-10/h1-3,5-6,11,17H,4,7-9H2. The molecule has 0 bridgehead atoms. The van der Waals surface area contributed by atoms with E-state index in [9.17, 15) is 18.3 Å². The van der Waals surface area contributed by atoms with Crippen LogP contribution >= 0.6 is 0 Å². The fourth-order valence-electron chi connectivity index (χ4n) is 2.83. The van der Waals surface area contributed by atoms with Gasteiger partial charge in [0, 0.05) is 5.41 Å². The molecule has 0 radical (unpaired) electrons. The summed E-state index contributed by atoms with van der Waals surface area (Å²) in [6, 6.07) is 8.57. The highest BCUT2D eigenvalue weighted by atomic mass is 19.4. The quantitative estimate of drug-likeness (QED) is 0.845. The Bertz CT molecular complexity index is 374. The summed E-state index contributed by atoms with van der Waals surface area (Å²) >= 11 is 0. The monoisotopic (exact) mass is 244 g/mol. The first-order chi connectivity index (χ1) is 7.94. The molecule has 2 atom stereocenters. The van der Waals surface area contributed by atoms with E-state index in [2.05, 4.69) is 0 Å². The fourth-order valence-corrected chi connectivity index (χ4v) is 2.83. The molecule has 2 rings (SSSR count). The minimum absolute atomic E-state index is 0.400. The van der Waals surface area contributed by atoms with Crippen molar-refractivity contribution < 1.29 is 18.3 Å². The van der Waals surface area contributed by atoms with Gasteiger partial charge in [-0.3, -0.25) is 0 Å². The molecule has 0 aliphatic heterocycles. The highest BCUT2D eigenvalue weighted by Crippen LogP contribution is 2.48. The Kier molecular flexibility index (Phi) is 3.17. The van der Waals surface area contributed by atoms with E-state index in [1.165, 1.54) is 0 Å². The molecule has 1 aromatic carbocycles. The lowest BCUT2D eigenvalue weighted by molar-refractivity contribution is -0.156. The third-order valence-electron chi connectivity index (χ3n) is 3.60. The zero-order valence-electron chi connectivity index (χ0n) is 9.37. The van der Waals surface area contributed by atoms with Crippen molar-refractivity contribution in [3.05, 3.63) is 35.9 Å². The van der Waals surface area contributed by atoms with Gasteiger partial charge in [0.15, 0.2) is 0 Å². The van der Waals surface area contributed by atoms with Gasteiger partial charge in [0.2, 0.25) is 0 Å². The molecule has 1 aliphatic rings. The second kappa shape index (κ2) is 4.33. The maximum Gasteiger partial charge on any atom is 0.390 e. The molecule has 1 fully saturated rings. The van der Waals surface area contributed by atoms with Crippen molar-refractivity contribution in [1.29, 1.82) is 0 Å². The number of aliphatic hydroxyl groups is 1. The molecular weight excluding hydrogens is 229 g/mol. The molecule has 0 saturated heterocycles. The Morgan fingerprint density at radius 3 is 2.35 bits per heavy atom. The number of hydrogen-bond acceptors (Lipinski definition) is 1. The highest BCUT2D eigenvalue weighted by Gasteiger charge is 2.50. The number of alkyl halides is 3. The zero-order chi connectivity index (χ0) is 12.5. The summed E-state index contributed by atoms with van der Waals surface area (Å²) in [7, 11) is 0. The van der Waals surface area contributed by atoms with Gasteiger partial charge < -0.3 is 5.11 Å². The van der Waals surface area contributed by atoms with Gasteiger partial charge >= 0.3 is 6.18 Å². The summed E-state index contributed by atoms with van der Waals surface area (Å²) in [6.07, 6.45) is -4.59. The van der Waals surface area contributed by atoms with E-state index in [1.807, 2.05) is 0 Å². The normalized spacial score (nSPS) is 29.5. The molecule has 0 heterocycles. The molecule has 1 aliphatic carbocycles. The lowest BCUT2D eigenvalue weighted by Crippen LogP contribution is -2.39. The molecule has 94 valence electrons. The van der Waals surface area contributed by atoms with Crippen LogP contribution in [-0.2, 0) is 5.41 Å². The Labute approximate surface area is 98.3 Å². The van der Waals surface area contributed by atoms with Crippen LogP contribution < -0.4 is 0 Å². The molecule has 4 heteroatoms.